The molecule has 4 nitrogen and oxygen atoms in total. The summed E-state index contributed by atoms with van der Waals surface area (Å²) < 4.78 is 2.01. The van der Waals surface area contributed by atoms with E-state index < -0.39 is 0 Å². The summed E-state index contributed by atoms with van der Waals surface area (Å²) >= 11 is 0. The van der Waals surface area contributed by atoms with Crippen molar-refractivity contribution in [3.63, 3.8) is 0 Å². The Kier molecular flexibility index (Phi) is 3.13. The van der Waals surface area contributed by atoms with Crippen LogP contribution in [0.5, 0.6) is 0 Å². The Morgan fingerprint density at radius 3 is 2.94 bits per heavy atom. The lowest BCUT2D eigenvalue weighted by atomic mass is 10.2. The average molecular weight is 231 g/mol. The predicted octanol–water partition coefficient (Wildman–Crippen LogP) is 1.91. The Balaban J connectivity index is 2.24. The van der Waals surface area contributed by atoms with Crippen LogP contribution in [0.2, 0.25) is 0 Å². The zero-order valence-corrected chi connectivity index (χ0v) is 10.4. The molecule has 0 aliphatic heterocycles. The third-order valence-electron chi connectivity index (χ3n) is 2.78. The van der Waals surface area contributed by atoms with Gasteiger partial charge in [0.1, 0.15) is 5.65 Å². The molecular weight excluding hydrogens is 214 g/mol. The van der Waals surface area contributed by atoms with Crippen molar-refractivity contribution in [2.45, 2.75) is 27.3 Å². The number of carbonyl (C=O) groups excluding carboxylic acids is 1. The quantitative estimate of drug-likeness (QED) is 0.877. The molecule has 0 atom stereocenters. The van der Waals surface area contributed by atoms with Crippen molar-refractivity contribution in [1.82, 2.24) is 14.7 Å². The van der Waals surface area contributed by atoms with Crippen LogP contribution < -0.4 is 5.32 Å². The fraction of sp³-hybridized carbons (Fsp3) is 0.385. The maximum absolute atomic E-state index is 11.5. The minimum absolute atomic E-state index is 0.00879. The molecule has 90 valence electrons. The summed E-state index contributed by atoms with van der Waals surface area (Å²) in [7, 11) is 0. The number of amides is 1. The molecule has 0 saturated heterocycles. The topological polar surface area (TPSA) is 46.4 Å². The van der Waals surface area contributed by atoms with Gasteiger partial charge in [-0.15, -0.1) is 0 Å². The number of hydrogen-bond donors (Lipinski definition) is 1. The van der Waals surface area contributed by atoms with Crippen molar-refractivity contribution in [2.75, 3.05) is 0 Å². The van der Waals surface area contributed by atoms with Crippen molar-refractivity contribution < 1.29 is 4.79 Å². The second-order valence-corrected chi connectivity index (χ2v) is 4.45. The Bertz CT molecular complexity index is 543. The molecule has 2 aromatic rings. The van der Waals surface area contributed by atoms with Gasteiger partial charge in [0.15, 0.2) is 0 Å². The highest BCUT2D eigenvalue weighted by molar-refractivity contribution is 5.77. The molecule has 1 amide bonds. The first-order chi connectivity index (χ1) is 8.09. The zero-order chi connectivity index (χ0) is 12.4. The number of aryl methyl sites for hydroxylation is 1. The maximum Gasteiger partial charge on any atom is 0.222 e. The smallest absolute Gasteiger partial charge is 0.222 e. The minimum atomic E-state index is 0.00879. The van der Waals surface area contributed by atoms with Gasteiger partial charge >= 0.3 is 0 Å². The van der Waals surface area contributed by atoms with E-state index in [1.54, 1.807) is 0 Å². The number of pyridine rings is 1. The molecule has 0 aliphatic rings. The Morgan fingerprint density at radius 2 is 2.24 bits per heavy atom. The van der Waals surface area contributed by atoms with Gasteiger partial charge in [-0.3, -0.25) is 4.79 Å². The van der Waals surface area contributed by atoms with Crippen molar-refractivity contribution in [3.05, 3.63) is 35.8 Å². The summed E-state index contributed by atoms with van der Waals surface area (Å²) in [4.78, 5) is 16.0. The largest absolute Gasteiger partial charge is 0.350 e. The molecule has 17 heavy (non-hydrogen) atoms. The lowest BCUT2D eigenvalue weighted by Crippen LogP contribution is -2.27. The summed E-state index contributed by atoms with van der Waals surface area (Å²) in [5.41, 5.74) is 2.91. The van der Waals surface area contributed by atoms with Crippen LogP contribution >= 0.6 is 0 Å². The van der Waals surface area contributed by atoms with Crippen molar-refractivity contribution in [2.24, 2.45) is 5.92 Å². The molecule has 0 spiro atoms. The zero-order valence-electron chi connectivity index (χ0n) is 10.4. The molecule has 2 rings (SSSR count). The molecule has 0 saturated carbocycles. The number of nitrogens with zero attached hydrogens (tertiary/aromatic N) is 2. The third-order valence-corrected chi connectivity index (χ3v) is 2.78. The number of hydrogen-bond acceptors (Lipinski definition) is 2. The number of fused-ring (bicyclic) bond motifs is 1. The van der Waals surface area contributed by atoms with Crippen LogP contribution in [0.25, 0.3) is 5.65 Å². The standard InChI is InChI=1S/C13H17N3O/c1-9(2)13(17)14-8-11-10(3)15-12-6-4-5-7-16(11)12/h4-7,9H,8H2,1-3H3,(H,14,17). The highest BCUT2D eigenvalue weighted by Gasteiger charge is 2.11. The first-order valence-electron chi connectivity index (χ1n) is 5.80. The second-order valence-electron chi connectivity index (χ2n) is 4.45. The molecule has 0 fully saturated rings. The van der Waals surface area contributed by atoms with Crippen LogP contribution in [0.15, 0.2) is 24.4 Å². The van der Waals surface area contributed by atoms with Gasteiger partial charge < -0.3 is 9.72 Å². The maximum atomic E-state index is 11.5. The van der Waals surface area contributed by atoms with Crippen molar-refractivity contribution >= 4 is 11.6 Å². The predicted molar refractivity (Wildman–Crippen MR) is 66.6 cm³/mol. The van der Waals surface area contributed by atoms with E-state index in [0.717, 1.165) is 17.0 Å². The Labute approximate surface area is 101 Å². The average Bonchev–Trinajstić information content (AvgIpc) is 2.61. The highest BCUT2D eigenvalue weighted by Crippen LogP contribution is 2.11. The summed E-state index contributed by atoms with van der Waals surface area (Å²) in [6.07, 6.45) is 1.96. The molecule has 0 aliphatic carbocycles. The van der Waals surface area contributed by atoms with E-state index >= 15 is 0 Å². The van der Waals surface area contributed by atoms with Crippen LogP contribution in [0.3, 0.4) is 0 Å². The van der Waals surface area contributed by atoms with Crippen LogP contribution in [0, 0.1) is 12.8 Å². The van der Waals surface area contributed by atoms with Gasteiger partial charge in [-0.25, -0.2) is 4.98 Å². The lowest BCUT2D eigenvalue weighted by Gasteiger charge is -2.08. The summed E-state index contributed by atoms with van der Waals surface area (Å²) in [6, 6.07) is 5.88. The van der Waals surface area contributed by atoms with Crippen LogP contribution in [0.4, 0.5) is 0 Å². The summed E-state index contributed by atoms with van der Waals surface area (Å²) in [6.45, 7) is 6.26. The van der Waals surface area contributed by atoms with Crippen molar-refractivity contribution in [1.29, 1.82) is 0 Å². The van der Waals surface area contributed by atoms with E-state index in [0.29, 0.717) is 6.54 Å². The Hall–Kier alpha value is -1.84. The number of rotatable bonds is 3. The third kappa shape index (κ3) is 2.30. The number of aromatic nitrogens is 2. The first-order valence-corrected chi connectivity index (χ1v) is 5.80. The van der Waals surface area contributed by atoms with Gasteiger partial charge in [-0.05, 0) is 19.1 Å². The van der Waals surface area contributed by atoms with Gasteiger partial charge in [0.25, 0.3) is 0 Å². The number of nitrogens with one attached hydrogen (secondary N) is 1. The van der Waals surface area contributed by atoms with E-state index in [4.69, 9.17) is 0 Å². The van der Waals surface area contributed by atoms with Gasteiger partial charge in [-0.1, -0.05) is 19.9 Å². The number of imidazole rings is 1. The van der Waals surface area contributed by atoms with E-state index in [1.165, 1.54) is 0 Å². The normalized spacial score (nSPS) is 11.1. The summed E-state index contributed by atoms with van der Waals surface area (Å²) in [5.74, 6) is 0.0739. The molecule has 4 heteroatoms. The van der Waals surface area contributed by atoms with E-state index in [-0.39, 0.29) is 11.8 Å². The van der Waals surface area contributed by atoms with Gasteiger partial charge in [0.2, 0.25) is 5.91 Å². The van der Waals surface area contributed by atoms with Crippen LogP contribution in [-0.2, 0) is 11.3 Å². The van der Waals surface area contributed by atoms with Crippen molar-refractivity contribution in [3.8, 4) is 0 Å². The molecule has 0 aromatic carbocycles. The molecule has 0 radical (unpaired) electrons. The number of carbonyl (C=O) groups is 1. The molecule has 1 N–H and O–H groups in total. The second kappa shape index (κ2) is 4.57. The Morgan fingerprint density at radius 1 is 1.47 bits per heavy atom. The monoisotopic (exact) mass is 231 g/mol. The fourth-order valence-corrected chi connectivity index (χ4v) is 1.75. The van der Waals surface area contributed by atoms with E-state index in [2.05, 4.69) is 10.3 Å². The van der Waals surface area contributed by atoms with E-state index in [1.807, 2.05) is 49.6 Å². The first kappa shape index (κ1) is 11.6. The summed E-state index contributed by atoms with van der Waals surface area (Å²) in [5, 5.41) is 2.92. The van der Waals surface area contributed by atoms with Crippen LogP contribution in [0.1, 0.15) is 25.2 Å². The lowest BCUT2D eigenvalue weighted by molar-refractivity contribution is -0.124. The molecule has 0 unspecified atom stereocenters. The molecule has 0 bridgehead atoms. The highest BCUT2D eigenvalue weighted by atomic mass is 16.1. The van der Waals surface area contributed by atoms with E-state index in [9.17, 15) is 4.79 Å². The van der Waals surface area contributed by atoms with Gasteiger partial charge in [0, 0.05) is 12.1 Å². The SMILES string of the molecule is Cc1nc2ccccn2c1CNC(=O)C(C)C. The molecule has 2 aromatic heterocycles. The van der Waals surface area contributed by atoms with Crippen LogP contribution in [-0.4, -0.2) is 15.3 Å². The minimum Gasteiger partial charge on any atom is -0.350 e. The molecule has 2 heterocycles. The fourth-order valence-electron chi connectivity index (χ4n) is 1.75. The van der Waals surface area contributed by atoms with Gasteiger partial charge in [-0.2, -0.15) is 0 Å². The molecular formula is C13H17N3O. The van der Waals surface area contributed by atoms with Gasteiger partial charge in [0.05, 0.1) is 17.9 Å².